The molecule has 1 fully saturated rings. The predicted molar refractivity (Wildman–Crippen MR) is 98.0 cm³/mol. The first kappa shape index (κ1) is 20.2. The second-order valence-corrected chi connectivity index (χ2v) is 8.40. The quantitative estimate of drug-likeness (QED) is 0.754. The molecule has 0 aliphatic carbocycles. The molecule has 1 aromatic rings. The molecule has 0 spiro atoms. The molecule has 0 radical (unpaired) electrons. The summed E-state index contributed by atoms with van der Waals surface area (Å²) in [5, 5.41) is 2.82. The molecule has 2 rings (SSSR count). The van der Waals surface area contributed by atoms with Gasteiger partial charge in [0.2, 0.25) is 0 Å². The molecule has 8 nitrogen and oxygen atoms in total. The Labute approximate surface area is 154 Å². The Morgan fingerprint density at radius 3 is 2.31 bits per heavy atom. The van der Waals surface area contributed by atoms with Crippen LogP contribution in [0.3, 0.4) is 0 Å². The third kappa shape index (κ3) is 4.72. The van der Waals surface area contributed by atoms with Crippen LogP contribution in [-0.4, -0.2) is 71.8 Å². The standard InChI is InChI=1S/C17H26N2O6S/c1-19(13-6-8-26(21,22)11-13)17(20)18-7-5-12-9-15(24-3)16(25-4)10-14(12)23-2/h9-10,13H,5-8,11H2,1-4H3,(H,18,20). The van der Waals surface area contributed by atoms with Crippen molar-refractivity contribution in [1.82, 2.24) is 10.2 Å². The van der Waals surface area contributed by atoms with E-state index in [0.717, 1.165) is 5.56 Å². The average Bonchev–Trinajstić information content (AvgIpc) is 3.00. The van der Waals surface area contributed by atoms with E-state index in [1.807, 2.05) is 6.07 Å². The molecule has 1 aliphatic rings. The van der Waals surface area contributed by atoms with Gasteiger partial charge >= 0.3 is 6.03 Å². The van der Waals surface area contributed by atoms with Crippen LogP contribution in [0.4, 0.5) is 4.79 Å². The van der Waals surface area contributed by atoms with Crippen LogP contribution in [0.15, 0.2) is 12.1 Å². The highest BCUT2D eigenvalue weighted by molar-refractivity contribution is 7.91. The largest absolute Gasteiger partial charge is 0.496 e. The van der Waals surface area contributed by atoms with Crippen LogP contribution in [0.2, 0.25) is 0 Å². The van der Waals surface area contributed by atoms with Crippen molar-refractivity contribution in [2.75, 3.05) is 46.4 Å². The zero-order valence-electron chi connectivity index (χ0n) is 15.6. The Morgan fingerprint density at radius 2 is 1.77 bits per heavy atom. The van der Waals surface area contributed by atoms with Crippen LogP contribution in [0.1, 0.15) is 12.0 Å². The summed E-state index contributed by atoms with van der Waals surface area (Å²) in [5.41, 5.74) is 0.872. The Hall–Kier alpha value is -2.16. The number of carbonyl (C=O) groups is 1. The summed E-state index contributed by atoms with van der Waals surface area (Å²) in [6, 6.07) is 3.00. The van der Waals surface area contributed by atoms with Crippen LogP contribution >= 0.6 is 0 Å². The lowest BCUT2D eigenvalue weighted by atomic mass is 10.1. The predicted octanol–water partition coefficient (Wildman–Crippen LogP) is 1.08. The number of ether oxygens (including phenoxy) is 3. The maximum Gasteiger partial charge on any atom is 0.317 e. The van der Waals surface area contributed by atoms with E-state index in [0.29, 0.717) is 36.6 Å². The van der Waals surface area contributed by atoms with Gasteiger partial charge in [0.05, 0.1) is 32.8 Å². The number of benzene rings is 1. The first-order valence-electron chi connectivity index (χ1n) is 8.31. The van der Waals surface area contributed by atoms with Gasteiger partial charge in [0, 0.05) is 25.7 Å². The molecule has 9 heteroatoms. The van der Waals surface area contributed by atoms with Crippen molar-refractivity contribution < 1.29 is 27.4 Å². The SMILES string of the molecule is COc1cc(OC)c(OC)cc1CCNC(=O)N(C)C1CCS(=O)(=O)C1. The number of urea groups is 1. The summed E-state index contributed by atoms with van der Waals surface area (Å²) in [4.78, 5) is 13.7. The van der Waals surface area contributed by atoms with Crippen LogP contribution in [-0.2, 0) is 16.3 Å². The first-order chi connectivity index (χ1) is 12.3. The van der Waals surface area contributed by atoms with Gasteiger partial charge in [-0.2, -0.15) is 0 Å². The van der Waals surface area contributed by atoms with E-state index in [2.05, 4.69) is 5.32 Å². The minimum atomic E-state index is -3.02. The minimum Gasteiger partial charge on any atom is -0.496 e. The molecule has 1 saturated heterocycles. The Bertz CT molecular complexity index is 750. The molecule has 0 bridgehead atoms. The summed E-state index contributed by atoms with van der Waals surface area (Å²) in [6.07, 6.45) is 1.02. The fourth-order valence-electron chi connectivity index (χ4n) is 2.96. The van der Waals surface area contributed by atoms with Gasteiger partial charge < -0.3 is 24.4 Å². The molecular weight excluding hydrogens is 360 g/mol. The molecule has 1 unspecified atom stereocenters. The van der Waals surface area contributed by atoms with Crippen molar-refractivity contribution >= 4 is 15.9 Å². The fourth-order valence-corrected chi connectivity index (χ4v) is 4.74. The Kier molecular flexibility index (Phi) is 6.57. The fraction of sp³-hybridized carbons (Fsp3) is 0.588. The molecule has 0 aromatic heterocycles. The molecule has 2 amide bonds. The summed E-state index contributed by atoms with van der Waals surface area (Å²) >= 11 is 0. The van der Waals surface area contributed by atoms with E-state index < -0.39 is 9.84 Å². The number of carbonyl (C=O) groups excluding carboxylic acids is 1. The lowest BCUT2D eigenvalue weighted by Crippen LogP contribution is -2.44. The van der Waals surface area contributed by atoms with E-state index >= 15 is 0 Å². The second-order valence-electron chi connectivity index (χ2n) is 6.17. The molecule has 1 N–H and O–H groups in total. The first-order valence-corrected chi connectivity index (χ1v) is 10.1. The van der Waals surface area contributed by atoms with Gasteiger partial charge in [-0.3, -0.25) is 0 Å². The number of hydrogen-bond donors (Lipinski definition) is 1. The molecule has 1 aromatic carbocycles. The highest BCUT2D eigenvalue weighted by Gasteiger charge is 2.32. The lowest BCUT2D eigenvalue weighted by molar-refractivity contribution is 0.195. The van der Waals surface area contributed by atoms with Crippen molar-refractivity contribution in [2.24, 2.45) is 0 Å². The van der Waals surface area contributed by atoms with Crippen molar-refractivity contribution in [2.45, 2.75) is 18.9 Å². The number of methoxy groups -OCH3 is 3. The number of nitrogens with zero attached hydrogens (tertiary/aromatic N) is 1. The van der Waals surface area contributed by atoms with Gasteiger partial charge in [-0.1, -0.05) is 0 Å². The number of rotatable bonds is 7. The average molecular weight is 386 g/mol. The van der Waals surface area contributed by atoms with Crippen molar-refractivity contribution in [3.8, 4) is 17.2 Å². The summed E-state index contributed by atoms with van der Waals surface area (Å²) in [5.74, 6) is 1.97. The number of amides is 2. The molecule has 1 atom stereocenters. The van der Waals surface area contributed by atoms with Crippen LogP contribution in [0, 0.1) is 0 Å². The summed E-state index contributed by atoms with van der Waals surface area (Å²) < 4.78 is 39.0. The van der Waals surface area contributed by atoms with E-state index in [1.54, 1.807) is 34.4 Å². The minimum absolute atomic E-state index is 0.0282. The molecule has 0 saturated carbocycles. The van der Waals surface area contributed by atoms with Gasteiger partial charge in [-0.05, 0) is 24.5 Å². The van der Waals surface area contributed by atoms with Crippen LogP contribution < -0.4 is 19.5 Å². The van der Waals surface area contributed by atoms with Gasteiger partial charge in [0.25, 0.3) is 0 Å². The normalized spacial score (nSPS) is 18.2. The van der Waals surface area contributed by atoms with Gasteiger partial charge in [-0.25, -0.2) is 13.2 Å². The van der Waals surface area contributed by atoms with E-state index in [9.17, 15) is 13.2 Å². The zero-order valence-corrected chi connectivity index (χ0v) is 16.4. The van der Waals surface area contributed by atoms with Gasteiger partial charge in [0.15, 0.2) is 21.3 Å². The maximum absolute atomic E-state index is 12.3. The van der Waals surface area contributed by atoms with E-state index in [4.69, 9.17) is 14.2 Å². The lowest BCUT2D eigenvalue weighted by Gasteiger charge is -2.23. The van der Waals surface area contributed by atoms with Crippen LogP contribution in [0.25, 0.3) is 0 Å². The molecule has 26 heavy (non-hydrogen) atoms. The second kappa shape index (κ2) is 8.48. The molecule has 146 valence electrons. The molecular formula is C17H26N2O6S. The molecule has 1 aliphatic heterocycles. The van der Waals surface area contributed by atoms with E-state index in [1.165, 1.54) is 4.90 Å². The third-order valence-corrected chi connectivity index (χ3v) is 6.28. The Balaban J connectivity index is 1.95. The highest BCUT2D eigenvalue weighted by Crippen LogP contribution is 2.34. The van der Waals surface area contributed by atoms with Crippen molar-refractivity contribution in [3.05, 3.63) is 17.7 Å². The zero-order chi connectivity index (χ0) is 19.3. The molecule has 1 heterocycles. The van der Waals surface area contributed by atoms with Crippen molar-refractivity contribution in [1.29, 1.82) is 0 Å². The van der Waals surface area contributed by atoms with Gasteiger partial charge in [0.1, 0.15) is 5.75 Å². The maximum atomic E-state index is 12.3. The third-order valence-electron chi connectivity index (χ3n) is 4.53. The summed E-state index contributed by atoms with van der Waals surface area (Å²) in [6.45, 7) is 0.383. The number of sulfone groups is 1. The number of nitrogens with one attached hydrogen (secondary N) is 1. The topological polar surface area (TPSA) is 94.2 Å². The highest BCUT2D eigenvalue weighted by atomic mass is 32.2. The summed E-state index contributed by atoms with van der Waals surface area (Å²) in [7, 11) is 3.27. The smallest absolute Gasteiger partial charge is 0.317 e. The van der Waals surface area contributed by atoms with Gasteiger partial charge in [-0.15, -0.1) is 0 Å². The van der Waals surface area contributed by atoms with Crippen molar-refractivity contribution in [3.63, 3.8) is 0 Å². The van der Waals surface area contributed by atoms with Crippen LogP contribution in [0.5, 0.6) is 17.2 Å². The number of hydrogen-bond acceptors (Lipinski definition) is 6. The van der Waals surface area contributed by atoms with E-state index in [-0.39, 0.29) is 23.6 Å². The Morgan fingerprint density at radius 1 is 1.15 bits per heavy atom. The monoisotopic (exact) mass is 386 g/mol.